The summed E-state index contributed by atoms with van der Waals surface area (Å²) in [5, 5.41) is 4.27. The van der Waals surface area contributed by atoms with Gasteiger partial charge in [-0.3, -0.25) is 0 Å². The molecule has 0 aromatic carbocycles. The van der Waals surface area contributed by atoms with E-state index >= 15 is 0 Å². The number of rotatable bonds is 4. The number of aromatic nitrogens is 1. The van der Waals surface area contributed by atoms with Crippen molar-refractivity contribution >= 4 is 17.4 Å². The molecule has 0 bridgehead atoms. The Bertz CT molecular complexity index is 398. The Kier molecular flexibility index (Phi) is 3.21. The van der Waals surface area contributed by atoms with Crippen LogP contribution in [0, 0.1) is 0 Å². The minimum Gasteiger partial charge on any atom is -0.355 e. The van der Waals surface area contributed by atoms with E-state index in [0.29, 0.717) is 0 Å². The van der Waals surface area contributed by atoms with Crippen molar-refractivity contribution in [1.82, 2.24) is 10.3 Å². The third-order valence-corrected chi connectivity index (χ3v) is 3.73. The van der Waals surface area contributed by atoms with Crippen molar-refractivity contribution in [3.8, 4) is 0 Å². The molecule has 0 spiro atoms. The van der Waals surface area contributed by atoms with Gasteiger partial charge in [-0.25, -0.2) is 4.98 Å². The molecule has 92 valence electrons. The molecule has 1 aliphatic carbocycles. The molecule has 1 saturated carbocycles. The van der Waals surface area contributed by atoms with Crippen LogP contribution in [-0.4, -0.2) is 24.1 Å². The predicted molar refractivity (Wildman–Crippen MR) is 70.6 cm³/mol. The first-order valence-electron chi connectivity index (χ1n) is 6.46. The van der Waals surface area contributed by atoms with Crippen molar-refractivity contribution in [2.24, 2.45) is 0 Å². The van der Waals surface area contributed by atoms with Gasteiger partial charge in [-0.15, -0.1) is 0 Å². The van der Waals surface area contributed by atoms with Crippen molar-refractivity contribution < 1.29 is 0 Å². The molecule has 1 aromatic heterocycles. The lowest BCUT2D eigenvalue weighted by Gasteiger charge is -2.18. The van der Waals surface area contributed by atoms with E-state index in [9.17, 15) is 0 Å². The number of halogens is 1. The third kappa shape index (κ3) is 2.72. The van der Waals surface area contributed by atoms with Gasteiger partial charge in [0.1, 0.15) is 5.82 Å². The first-order valence-corrected chi connectivity index (χ1v) is 6.83. The molecule has 2 heterocycles. The van der Waals surface area contributed by atoms with E-state index < -0.39 is 0 Å². The second-order valence-corrected chi connectivity index (χ2v) is 5.41. The number of pyridine rings is 1. The van der Waals surface area contributed by atoms with E-state index in [1.165, 1.54) is 31.2 Å². The number of hydrogen-bond acceptors (Lipinski definition) is 3. The number of nitrogens with zero attached hydrogens (tertiary/aromatic N) is 2. The molecular formula is C13H18ClN3. The molecule has 0 atom stereocenters. The second-order valence-electron chi connectivity index (χ2n) is 5.00. The molecule has 2 fully saturated rings. The highest BCUT2D eigenvalue weighted by molar-refractivity contribution is 6.33. The van der Waals surface area contributed by atoms with E-state index in [0.717, 1.165) is 36.5 Å². The van der Waals surface area contributed by atoms with E-state index in [1.807, 2.05) is 6.20 Å². The molecule has 2 aliphatic rings. The van der Waals surface area contributed by atoms with Gasteiger partial charge in [-0.05, 0) is 37.3 Å². The molecule has 3 nitrogen and oxygen atoms in total. The molecule has 1 saturated heterocycles. The molecule has 1 aliphatic heterocycles. The zero-order chi connectivity index (χ0) is 11.7. The van der Waals surface area contributed by atoms with E-state index in [-0.39, 0.29) is 0 Å². The van der Waals surface area contributed by atoms with E-state index in [2.05, 4.69) is 21.3 Å². The van der Waals surface area contributed by atoms with Crippen molar-refractivity contribution in [1.29, 1.82) is 0 Å². The lowest BCUT2D eigenvalue weighted by atomic mass is 10.2. The Balaban J connectivity index is 1.68. The average molecular weight is 252 g/mol. The fourth-order valence-corrected chi connectivity index (χ4v) is 2.59. The molecule has 0 amide bonds. The van der Waals surface area contributed by atoms with Gasteiger partial charge in [-0.1, -0.05) is 11.6 Å². The lowest BCUT2D eigenvalue weighted by molar-refractivity contribution is 0.685. The highest BCUT2D eigenvalue weighted by Gasteiger charge is 2.20. The van der Waals surface area contributed by atoms with Crippen LogP contribution in [0.25, 0.3) is 0 Å². The maximum atomic E-state index is 6.31. The van der Waals surface area contributed by atoms with Gasteiger partial charge in [0.15, 0.2) is 0 Å². The van der Waals surface area contributed by atoms with Crippen molar-refractivity contribution in [3.63, 3.8) is 0 Å². The summed E-state index contributed by atoms with van der Waals surface area (Å²) >= 11 is 6.31. The maximum absolute atomic E-state index is 6.31. The van der Waals surface area contributed by atoms with Gasteiger partial charge >= 0.3 is 0 Å². The molecule has 0 unspecified atom stereocenters. The van der Waals surface area contributed by atoms with Crippen LogP contribution in [0.15, 0.2) is 12.3 Å². The smallest absolute Gasteiger partial charge is 0.147 e. The molecular weight excluding hydrogens is 234 g/mol. The van der Waals surface area contributed by atoms with Crippen LogP contribution in [0.5, 0.6) is 0 Å². The molecule has 4 heteroatoms. The summed E-state index contributed by atoms with van der Waals surface area (Å²) in [6.07, 6.45) is 7.08. The van der Waals surface area contributed by atoms with Crippen molar-refractivity contribution in [3.05, 3.63) is 22.8 Å². The first-order chi connectivity index (χ1) is 8.33. The summed E-state index contributed by atoms with van der Waals surface area (Å²) in [6.45, 7) is 3.07. The number of anilines is 1. The summed E-state index contributed by atoms with van der Waals surface area (Å²) in [5.74, 6) is 0.958. The summed E-state index contributed by atoms with van der Waals surface area (Å²) in [4.78, 5) is 6.79. The summed E-state index contributed by atoms with van der Waals surface area (Å²) in [7, 11) is 0. The Morgan fingerprint density at radius 2 is 2.12 bits per heavy atom. The Labute approximate surface area is 107 Å². The largest absolute Gasteiger partial charge is 0.355 e. The third-order valence-electron chi connectivity index (χ3n) is 3.46. The van der Waals surface area contributed by atoms with Gasteiger partial charge in [0.05, 0.1) is 5.02 Å². The topological polar surface area (TPSA) is 28.2 Å². The zero-order valence-electron chi connectivity index (χ0n) is 9.95. The number of hydrogen-bond donors (Lipinski definition) is 1. The molecule has 1 N–H and O–H groups in total. The molecule has 0 radical (unpaired) electrons. The van der Waals surface area contributed by atoms with Crippen LogP contribution >= 0.6 is 11.6 Å². The monoisotopic (exact) mass is 251 g/mol. The summed E-state index contributed by atoms with van der Waals surface area (Å²) < 4.78 is 0. The van der Waals surface area contributed by atoms with Gasteiger partial charge in [0, 0.05) is 31.9 Å². The summed E-state index contributed by atoms with van der Waals surface area (Å²) in [5.41, 5.74) is 1.19. The molecule has 1 aromatic rings. The summed E-state index contributed by atoms with van der Waals surface area (Å²) in [6, 6.07) is 2.78. The fourth-order valence-electron chi connectivity index (χ4n) is 2.28. The normalized spacial score (nSPS) is 19.9. The van der Waals surface area contributed by atoms with Gasteiger partial charge in [0.2, 0.25) is 0 Å². The minimum absolute atomic E-state index is 0.729. The first kappa shape index (κ1) is 11.3. The van der Waals surface area contributed by atoms with Crippen LogP contribution < -0.4 is 10.2 Å². The maximum Gasteiger partial charge on any atom is 0.147 e. The lowest BCUT2D eigenvalue weighted by Crippen LogP contribution is -2.20. The zero-order valence-corrected chi connectivity index (χ0v) is 10.7. The minimum atomic E-state index is 0.729. The second kappa shape index (κ2) is 4.83. The Hall–Kier alpha value is -0.800. The fraction of sp³-hybridized carbons (Fsp3) is 0.615. The van der Waals surface area contributed by atoms with Gasteiger partial charge in [0.25, 0.3) is 0 Å². The highest BCUT2D eigenvalue weighted by Crippen LogP contribution is 2.27. The van der Waals surface area contributed by atoms with Crippen LogP contribution in [0.1, 0.15) is 31.2 Å². The average Bonchev–Trinajstić information content (AvgIpc) is 3.01. The quantitative estimate of drug-likeness (QED) is 0.892. The Morgan fingerprint density at radius 3 is 2.76 bits per heavy atom. The van der Waals surface area contributed by atoms with Crippen LogP contribution in [0.3, 0.4) is 0 Å². The van der Waals surface area contributed by atoms with Crippen molar-refractivity contribution in [2.75, 3.05) is 18.0 Å². The van der Waals surface area contributed by atoms with Crippen LogP contribution in [-0.2, 0) is 6.54 Å². The van der Waals surface area contributed by atoms with Gasteiger partial charge in [-0.2, -0.15) is 0 Å². The number of nitrogens with one attached hydrogen (secondary N) is 1. The Morgan fingerprint density at radius 1 is 1.35 bits per heavy atom. The van der Waals surface area contributed by atoms with E-state index in [1.54, 1.807) is 0 Å². The SMILES string of the molecule is Clc1cc(CNC2CC2)cnc1N1CCCC1. The highest BCUT2D eigenvalue weighted by atomic mass is 35.5. The van der Waals surface area contributed by atoms with Crippen molar-refractivity contribution in [2.45, 2.75) is 38.3 Å². The van der Waals surface area contributed by atoms with Crippen LogP contribution in [0.2, 0.25) is 5.02 Å². The van der Waals surface area contributed by atoms with Gasteiger partial charge < -0.3 is 10.2 Å². The van der Waals surface area contributed by atoms with E-state index in [4.69, 9.17) is 11.6 Å². The molecule has 17 heavy (non-hydrogen) atoms. The predicted octanol–water partition coefficient (Wildman–Crippen LogP) is 2.59. The van der Waals surface area contributed by atoms with Crippen LogP contribution in [0.4, 0.5) is 5.82 Å². The molecule has 3 rings (SSSR count). The standard InChI is InChI=1S/C13H18ClN3/c14-12-7-10(8-15-11-3-4-11)9-16-13(12)17-5-1-2-6-17/h7,9,11,15H,1-6,8H2.